The van der Waals surface area contributed by atoms with E-state index in [9.17, 15) is 9.18 Å². The summed E-state index contributed by atoms with van der Waals surface area (Å²) in [5.41, 5.74) is 0.868. The Labute approximate surface area is 143 Å². The summed E-state index contributed by atoms with van der Waals surface area (Å²) in [7, 11) is 1.71. The lowest BCUT2D eigenvalue weighted by Gasteiger charge is -2.27. The standard InChI is InChI=1S/C18H27FN4O/c1-3-16(23-11-5-8-17(23)24)9-10-21-18(20-2)22-13-14-6-4-7-15(19)12-14/h4,6-7,12,16H,3,5,8-11,13H2,1-2H3,(H2,20,21,22). The van der Waals surface area contributed by atoms with E-state index in [2.05, 4.69) is 22.5 Å². The van der Waals surface area contributed by atoms with Crippen LogP contribution in [0.4, 0.5) is 4.39 Å². The third-order valence-corrected chi connectivity index (χ3v) is 4.36. The smallest absolute Gasteiger partial charge is 0.222 e. The second-order valence-corrected chi connectivity index (χ2v) is 6.02. The minimum atomic E-state index is -0.238. The van der Waals surface area contributed by atoms with E-state index >= 15 is 0 Å². The number of guanidine groups is 1. The Balaban J connectivity index is 1.75. The van der Waals surface area contributed by atoms with E-state index in [4.69, 9.17) is 0 Å². The summed E-state index contributed by atoms with van der Waals surface area (Å²) in [5, 5.41) is 6.44. The average molecular weight is 334 g/mol. The highest BCUT2D eigenvalue weighted by Crippen LogP contribution is 2.17. The zero-order valence-corrected chi connectivity index (χ0v) is 14.5. The van der Waals surface area contributed by atoms with Crippen molar-refractivity contribution >= 4 is 11.9 Å². The number of carbonyl (C=O) groups is 1. The van der Waals surface area contributed by atoms with Gasteiger partial charge < -0.3 is 15.5 Å². The molecule has 1 aromatic rings. The van der Waals surface area contributed by atoms with Gasteiger partial charge in [0.15, 0.2) is 5.96 Å². The molecule has 1 fully saturated rings. The number of rotatable bonds is 7. The number of aliphatic imine (C=N–C) groups is 1. The van der Waals surface area contributed by atoms with Gasteiger partial charge in [0.1, 0.15) is 5.82 Å². The topological polar surface area (TPSA) is 56.7 Å². The Morgan fingerprint density at radius 1 is 1.42 bits per heavy atom. The average Bonchev–Trinajstić information content (AvgIpc) is 3.00. The van der Waals surface area contributed by atoms with Gasteiger partial charge in [0.05, 0.1) is 0 Å². The molecule has 24 heavy (non-hydrogen) atoms. The van der Waals surface area contributed by atoms with Crippen molar-refractivity contribution in [2.45, 2.75) is 45.2 Å². The van der Waals surface area contributed by atoms with Crippen LogP contribution in [0, 0.1) is 5.82 Å². The first-order valence-corrected chi connectivity index (χ1v) is 8.62. The van der Waals surface area contributed by atoms with Crippen molar-refractivity contribution in [3.63, 3.8) is 0 Å². The van der Waals surface area contributed by atoms with Crippen LogP contribution >= 0.6 is 0 Å². The van der Waals surface area contributed by atoms with E-state index in [1.54, 1.807) is 13.1 Å². The summed E-state index contributed by atoms with van der Waals surface area (Å²) >= 11 is 0. The number of carbonyl (C=O) groups excluding carboxylic acids is 1. The van der Waals surface area contributed by atoms with Crippen molar-refractivity contribution in [3.05, 3.63) is 35.6 Å². The molecule has 0 radical (unpaired) electrons. The van der Waals surface area contributed by atoms with Crippen LogP contribution in [0.15, 0.2) is 29.3 Å². The molecule has 0 aromatic heterocycles. The highest BCUT2D eigenvalue weighted by atomic mass is 19.1. The Kier molecular flexibility index (Phi) is 7.03. The molecule has 1 atom stereocenters. The number of hydrogen-bond donors (Lipinski definition) is 2. The summed E-state index contributed by atoms with van der Waals surface area (Å²) in [6, 6.07) is 6.79. The fourth-order valence-corrected chi connectivity index (χ4v) is 3.05. The van der Waals surface area contributed by atoms with Gasteiger partial charge >= 0.3 is 0 Å². The quantitative estimate of drug-likeness (QED) is 0.594. The van der Waals surface area contributed by atoms with Gasteiger partial charge in [-0.25, -0.2) is 4.39 Å². The van der Waals surface area contributed by atoms with Crippen molar-refractivity contribution in [1.29, 1.82) is 0 Å². The second-order valence-electron chi connectivity index (χ2n) is 6.02. The SMILES string of the molecule is CCC(CCNC(=NC)NCc1cccc(F)c1)N1CCCC1=O. The lowest BCUT2D eigenvalue weighted by Crippen LogP contribution is -2.41. The van der Waals surface area contributed by atoms with Crippen LogP contribution in [0.5, 0.6) is 0 Å². The first kappa shape index (κ1) is 18.2. The van der Waals surface area contributed by atoms with Crippen LogP contribution in [0.1, 0.15) is 38.2 Å². The maximum atomic E-state index is 13.2. The Morgan fingerprint density at radius 3 is 2.88 bits per heavy atom. The molecular weight excluding hydrogens is 307 g/mol. The monoisotopic (exact) mass is 334 g/mol. The Morgan fingerprint density at radius 2 is 2.25 bits per heavy atom. The normalized spacial score (nSPS) is 16.4. The van der Waals surface area contributed by atoms with Gasteiger partial charge in [-0.05, 0) is 37.0 Å². The summed E-state index contributed by atoms with van der Waals surface area (Å²) in [4.78, 5) is 18.0. The fourth-order valence-electron chi connectivity index (χ4n) is 3.05. The molecule has 6 heteroatoms. The number of hydrogen-bond acceptors (Lipinski definition) is 2. The van der Waals surface area contributed by atoms with Crippen LogP contribution < -0.4 is 10.6 Å². The zero-order valence-electron chi connectivity index (χ0n) is 14.5. The molecule has 0 bridgehead atoms. The number of benzene rings is 1. The van der Waals surface area contributed by atoms with E-state index in [0.717, 1.165) is 37.9 Å². The molecule has 2 N–H and O–H groups in total. The number of amides is 1. The van der Waals surface area contributed by atoms with Crippen LogP contribution in [-0.2, 0) is 11.3 Å². The first-order chi connectivity index (χ1) is 11.6. The third kappa shape index (κ3) is 5.22. The maximum Gasteiger partial charge on any atom is 0.222 e. The molecule has 1 heterocycles. The van der Waals surface area contributed by atoms with E-state index in [1.807, 2.05) is 11.0 Å². The lowest BCUT2D eigenvalue weighted by molar-refractivity contribution is -0.129. The molecule has 5 nitrogen and oxygen atoms in total. The molecule has 1 aliphatic rings. The van der Waals surface area contributed by atoms with Crippen LogP contribution in [0.25, 0.3) is 0 Å². The van der Waals surface area contributed by atoms with E-state index in [-0.39, 0.29) is 17.8 Å². The molecule has 0 spiro atoms. The predicted octanol–water partition coefficient (Wildman–Crippen LogP) is 2.28. The van der Waals surface area contributed by atoms with Gasteiger partial charge in [-0.3, -0.25) is 9.79 Å². The van der Waals surface area contributed by atoms with E-state index < -0.39 is 0 Å². The number of likely N-dealkylation sites (tertiary alicyclic amines) is 1. The second kappa shape index (κ2) is 9.25. The van der Waals surface area contributed by atoms with Gasteiger partial charge in [0.25, 0.3) is 0 Å². The van der Waals surface area contributed by atoms with Gasteiger partial charge in [-0.2, -0.15) is 0 Å². The largest absolute Gasteiger partial charge is 0.356 e. The van der Waals surface area contributed by atoms with Crippen molar-refractivity contribution in [3.8, 4) is 0 Å². The molecule has 1 aliphatic heterocycles. The summed E-state index contributed by atoms with van der Waals surface area (Å²) in [6.07, 6.45) is 3.51. The minimum Gasteiger partial charge on any atom is -0.356 e. The fraction of sp³-hybridized carbons (Fsp3) is 0.556. The van der Waals surface area contributed by atoms with E-state index in [1.165, 1.54) is 12.1 Å². The number of nitrogens with zero attached hydrogens (tertiary/aromatic N) is 2. The molecule has 132 valence electrons. The van der Waals surface area contributed by atoms with Crippen LogP contribution in [0.2, 0.25) is 0 Å². The molecule has 1 unspecified atom stereocenters. The Hall–Kier alpha value is -2.11. The van der Waals surface area contributed by atoms with Crippen LogP contribution in [0.3, 0.4) is 0 Å². The van der Waals surface area contributed by atoms with Gasteiger partial charge in [0, 0.05) is 39.1 Å². The van der Waals surface area contributed by atoms with Crippen molar-refractivity contribution in [1.82, 2.24) is 15.5 Å². The number of nitrogens with one attached hydrogen (secondary N) is 2. The molecule has 1 amide bonds. The zero-order chi connectivity index (χ0) is 17.4. The molecule has 0 saturated carbocycles. The van der Waals surface area contributed by atoms with Gasteiger partial charge in [-0.15, -0.1) is 0 Å². The van der Waals surface area contributed by atoms with Crippen LogP contribution in [-0.4, -0.2) is 42.9 Å². The first-order valence-electron chi connectivity index (χ1n) is 8.62. The van der Waals surface area contributed by atoms with Crippen molar-refractivity contribution in [2.24, 2.45) is 4.99 Å². The highest BCUT2D eigenvalue weighted by Gasteiger charge is 2.26. The molecular formula is C18H27FN4O. The minimum absolute atomic E-state index is 0.238. The molecule has 0 aliphatic carbocycles. The maximum absolute atomic E-state index is 13.2. The van der Waals surface area contributed by atoms with E-state index in [0.29, 0.717) is 18.9 Å². The Bertz CT molecular complexity index is 576. The molecule has 2 rings (SSSR count). The third-order valence-electron chi connectivity index (χ3n) is 4.36. The molecule has 1 aromatic carbocycles. The molecule has 1 saturated heterocycles. The number of halogens is 1. The van der Waals surface area contributed by atoms with Crippen molar-refractivity contribution < 1.29 is 9.18 Å². The van der Waals surface area contributed by atoms with Crippen molar-refractivity contribution in [2.75, 3.05) is 20.1 Å². The van der Waals surface area contributed by atoms with Gasteiger partial charge in [0.2, 0.25) is 5.91 Å². The van der Waals surface area contributed by atoms with Gasteiger partial charge in [-0.1, -0.05) is 19.1 Å². The summed E-state index contributed by atoms with van der Waals surface area (Å²) in [5.74, 6) is 0.718. The summed E-state index contributed by atoms with van der Waals surface area (Å²) in [6.45, 7) is 4.25. The highest BCUT2D eigenvalue weighted by molar-refractivity contribution is 5.79. The lowest BCUT2D eigenvalue weighted by atomic mass is 10.1. The summed E-state index contributed by atoms with van der Waals surface area (Å²) < 4.78 is 13.2. The predicted molar refractivity (Wildman–Crippen MR) is 94.2 cm³/mol.